The Labute approximate surface area is 549 Å². The lowest BCUT2D eigenvalue weighted by Crippen LogP contribution is -2.40. The maximum atomic E-state index is 12.0. The Kier molecular flexibility index (Phi) is 47.1. The van der Waals surface area contributed by atoms with Crippen molar-refractivity contribution in [3.05, 3.63) is 11.8 Å². The van der Waals surface area contributed by atoms with E-state index in [1.165, 1.54) is 30.8 Å². The largest absolute Gasteiger partial charge is 0.502 e. The van der Waals surface area contributed by atoms with E-state index in [2.05, 4.69) is 32.8 Å². The number of aliphatic hydroxyl groups excluding tert-OH is 3. The van der Waals surface area contributed by atoms with Crippen LogP contribution in [-0.4, -0.2) is 221 Å². The predicted molar refractivity (Wildman–Crippen MR) is 335 cm³/mol. The van der Waals surface area contributed by atoms with Crippen LogP contribution in [0.25, 0.3) is 0 Å². The second-order valence-electron chi connectivity index (χ2n) is 22.6. The summed E-state index contributed by atoms with van der Waals surface area (Å²) in [4.78, 5) is 120. The van der Waals surface area contributed by atoms with Gasteiger partial charge in [0, 0.05) is 122 Å². The van der Waals surface area contributed by atoms with E-state index in [-0.39, 0.29) is 103 Å². The maximum Gasteiger partial charge on any atom is 0.417 e. The van der Waals surface area contributed by atoms with Crippen molar-refractivity contribution in [1.82, 2.24) is 10.1 Å². The molecular formula is C65H112N2O26. The SMILES string of the molecule is CC(=O)C1CCC2(CC1)OCCO2.CCC.CCOC.CCOC(=O)/C(O)=C/C(=O)C1CCC2(CC1)OCCO2.CCOC(=O)C(=O)OCC.CON(C)C(=O)C1CCC(=O)CC1.CON(C)C(=O)C1CCC2(CC1)OCCO2.O=C1CCC(C(=O)O)CC1.OCCO. The number of nitrogens with zero attached hydrogens (tertiary/aromatic N) is 2. The Hall–Kier alpha value is -5.40. The smallest absolute Gasteiger partial charge is 0.417 e. The number of hydrogen-bond acceptors (Lipinski definition) is 25. The second-order valence-corrected chi connectivity index (χ2v) is 22.6. The van der Waals surface area contributed by atoms with Crippen molar-refractivity contribution < 1.29 is 125 Å². The molecule has 0 aromatic carbocycles. The van der Waals surface area contributed by atoms with Crippen LogP contribution in [0.2, 0.25) is 0 Å². The highest BCUT2D eigenvalue weighted by Crippen LogP contribution is 2.41. The second kappa shape index (κ2) is 50.0. The molecule has 93 heavy (non-hydrogen) atoms. The van der Waals surface area contributed by atoms with Gasteiger partial charge < -0.3 is 67.8 Å². The van der Waals surface area contributed by atoms with Crippen molar-refractivity contribution in [2.75, 3.05) is 115 Å². The molecule has 0 aromatic rings. The van der Waals surface area contributed by atoms with Gasteiger partial charge in [-0.1, -0.05) is 20.3 Å². The first-order valence-electron chi connectivity index (χ1n) is 32.7. The first kappa shape index (κ1) is 87.6. The van der Waals surface area contributed by atoms with Gasteiger partial charge in [-0.3, -0.25) is 43.2 Å². The van der Waals surface area contributed by atoms with Crippen LogP contribution in [0.4, 0.5) is 0 Å². The number of methoxy groups -OCH3 is 1. The van der Waals surface area contributed by atoms with Crippen molar-refractivity contribution in [3.8, 4) is 0 Å². The molecule has 0 unspecified atom stereocenters. The van der Waals surface area contributed by atoms with Crippen molar-refractivity contribution in [1.29, 1.82) is 0 Å². The van der Waals surface area contributed by atoms with Crippen LogP contribution < -0.4 is 0 Å². The van der Waals surface area contributed by atoms with E-state index in [4.69, 9.17) is 53.4 Å². The summed E-state index contributed by atoms with van der Waals surface area (Å²) in [6, 6.07) is 0. The summed E-state index contributed by atoms with van der Waals surface area (Å²) in [6.45, 7) is 17.9. The number of allylic oxidation sites excluding steroid dienone is 1. The third-order valence-electron chi connectivity index (χ3n) is 15.8. The van der Waals surface area contributed by atoms with Crippen LogP contribution in [0.3, 0.4) is 0 Å². The average molecular weight is 1340 g/mol. The predicted octanol–water partition coefficient (Wildman–Crippen LogP) is 6.69. The Morgan fingerprint density at radius 3 is 1.01 bits per heavy atom. The first-order chi connectivity index (χ1) is 44.3. The molecule has 4 N–H and O–H groups in total. The zero-order valence-corrected chi connectivity index (χ0v) is 57.5. The van der Waals surface area contributed by atoms with Crippen molar-refractivity contribution in [3.63, 3.8) is 0 Å². The fourth-order valence-electron chi connectivity index (χ4n) is 10.4. The topological polar surface area (TPSA) is 369 Å². The Morgan fingerprint density at radius 2 is 0.742 bits per heavy atom. The number of hydroxylamine groups is 4. The number of carbonyl (C=O) groups excluding carboxylic acids is 9. The summed E-state index contributed by atoms with van der Waals surface area (Å²) in [7, 11) is 7.89. The first-order valence-corrected chi connectivity index (χ1v) is 32.7. The molecule has 3 aliphatic heterocycles. The van der Waals surface area contributed by atoms with Gasteiger partial charge in [0.25, 0.3) is 0 Å². The Morgan fingerprint density at radius 1 is 0.462 bits per heavy atom. The normalized spacial score (nSPS) is 20.9. The molecule has 28 heteroatoms. The fourth-order valence-corrected chi connectivity index (χ4v) is 10.4. The third kappa shape index (κ3) is 35.3. The number of ether oxygens (including phenoxy) is 10. The van der Waals surface area contributed by atoms with Crippen LogP contribution in [0.15, 0.2) is 11.8 Å². The molecule has 8 rings (SSSR count). The summed E-state index contributed by atoms with van der Waals surface area (Å²) in [6.07, 6.45) is 16.1. The molecule has 5 saturated carbocycles. The Bertz CT molecular complexity index is 2150. The lowest BCUT2D eigenvalue weighted by molar-refractivity contribution is -0.195. The van der Waals surface area contributed by atoms with Gasteiger partial charge in [-0.2, -0.15) is 0 Å². The number of aliphatic hydroxyl groups is 3. The molecule has 0 bridgehead atoms. The van der Waals surface area contributed by atoms with Crippen LogP contribution in [0.5, 0.6) is 0 Å². The van der Waals surface area contributed by atoms with E-state index < -0.39 is 35.4 Å². The van der Waals surface area contributed by atoms with Crippen molar-refractivity contribution >= 4 is 58.8 Å². The number of hydrogen-bond donors (Lipinski definition) is 4. The molecule has 0 radical (unpaired) electrons. The zero-order valence-electron chi connectivity index (χ0n) is 57.5. The number of ketones is 4. The van der Waals surface area contributed by atoms with Crippen molar-refractivity contribution in [2.45, 2.75) is 201 Å². The van der Waals surface area contributed by atoms with E-state index >= 15 is 0 Å². The number of aliphatic carboxylic acids is 1. The summed E-state index contributed by atoms with van der Waals surface area (Å²) in [5.41, 5.74) is 0. The number of carbonyl (C=O) groups is 10. The number of amides is 2. The summed E-state index contributed by atoms with van der Waals surface area (Å²) < 4.78 is 51.4. The Balaban J connectivity index is 0.00000107. The summed E-state index contributed by atoms with van der Waals surface area (Å²) >= 11 is 0. The molecule has 538 valence electrons. The number of esters is 3. The minimum Gasteiger partial charge on any atom is -0.502 e. The van der Waals surface area contributed by atoms with E-state index in [1.54, 1.807) is 48.9 Å². The van der Waals surface area contributed by atoms with Crippen LogP contribution in [0, 0.1) is 29.6 Å². The number of carboxylic acid groups (broad SMARTS) is 1. The van der Waals surface area contributed by atoms with Gasteiger partial charge in [0.15, 0.2) is 23.1 Å². The maximum absolute atomic E-state index is 12.0. The van der Waals surface area contributed by atoms with Gasteiger partial charge in [-0.05, 0) is 98.8 Å². The van der Waals surface area contributed by atoms with E-state index in [0.29, 0.717) is 122 Å². The van der Waals surface area contributed by atoms with Gasteiger partial charge in [-0.15, -0.1) is 0 Å². The molecule has 5 aliphatic carbocycles. The van der Waals surface area contributed by atoms with Crippen molar-refractivity contribution in [2.24, 2.45) is 29.6 Å². The minimum absolute atomic E-state index is 0.0185. The van der Waals surface area contributed by atoms with Gasteiger partial charge >= 0.3 is 23.9 Å². The number of Topliss-reactive ketones (excluding diaryl/α,β-unsaturated/α-hetero) is 3. The zero-order chi connectivity index (χ0) is 70.4. The highest BCUT2D eigenvalue weighted by Gasteiger charge is 2.44. The monoisotopic (exact) mass is 1340 g/mol. The highest BCUT2D eigenvalue weighted by atomic mass is 16.7. The van der Waals surface area contributed by atoms with E-state index in [0.717, 1.165) is 64.0 Å². The lowest BCUT2D eigenvalue weighted by Gasteiger charge is -2.35. The highest BCUT2D eigenvalue weighted by molar-refractivity contribution is 6.29. The van der Waals surface area contributed by atoms with Gasteiger partial charge in [0.1, 0.15) is 17.3 Å². The molecule has 8 aliphatic rings. The summed E-state index contributed by atoms with van der Waals surface area (Å²) in [5.74, 6) is -4.95. The molecule has 0 atom stereocenters. The molecule has 3 heterocycles. The standard InChI is InChI=1S/C14H20O6.C11H19NO4.C10H16O3.C9H15NO3.C7H10O3.C6H10O4.C3H8O.C3H8.C2H6O2/c1-2-18-13(17)12(16)9-11(15)10-3-5-14(6-4-10)19-7-8-20-14;1-12(14-2)10(13)9-3-5-11(6-4-9)15-7-8-16-11;1-8(11)9-2-4-10(5-3-9)12-6-7-13-10;1-10(13-2)9(12)7-3-5-8(11)6-4-7;8-6-3-1-5(2-4-6)7(9)10;1-3-9-5(7)6(8)10-4-2;1-3-4-2;1-3-2;3-1-2-4/h9-10,16H,2-8H2,1H3;9H,3-8H2,1-2H3;9H,2-7H2,1H3;7H,3-6H2,1-2H3;5H,1-4H2,(H,9,10);3-4H2,1-2H3;3H2,1-2H3;3H2,1-2H3;3-4H,1-2H2/b12-9-;;;;;;;;. The minimum atomic E-state index is -0.927. The lowest BCUT2D eigenvalue weighted by atomic mass is 9.82. The van der Waals surface area contributed by atoms with Gasteiger partial charge in [0.2, 0.25) is 17.6 Å². The number of rotatable bonds is 14. The molecular weight excluding hydrogens is 1220 g/mol. The van der Waals surface area contributed by atoms with Gasteiger partial charge in [0.05, 0.1) is 92.8 Å². The molecule has 0 aromatic heterocycles. The number of carboxylic acids is 1. The van der Waals surface area contributed by atoms with E-state index in [9.17, 15) is 53.1 Å². The van der Waals surface area contributed by atoms with Crippen LogP contribution in [-0.2, 0) is 105 Å². The molecule has 28 nitrogen and oxygen atoms in total. The quantitative estimate of drug-likeness (QED) is 0.0351. The van der Waals surface area contributed by atoms with Crippen LogP contribution >= 0.6 is 0 Å². The molecule has 2 amide bonds. The van der Waals surface area contributed by atoms with Gasteiger partial charge in [-0.25, -0.2) is 24.5 Å². The molecule has 3 spiro atoms. The molecule has 3 saturated heterocycles. The van der Waals surface area contributed by atoms with E-state index in [1.807, 2.05) is 6.92 Å². The van der Waals surface area contributed by atoms with Crippen LogP contribution in [0.1, 0.15) is 183 Å². The third-order valence-corrected chi connectivity index (χ3v) is 15.8. The fraction of sp³-hybridized carbons (Fsp3) is 0.815. The molecule has 8 fully saturated rings. The summed E-state index contributed by atoms with van der Waals surface area (Å²) in [5, 5.41) is 35.8. The average Bonchev–Trinajstić information content (AvgIpc) is 1.88.